The SMILES string of the molecule is CN(Cc1ccccc1Cl)C(=O)c1cn(CCN)cn1. The van der Waals surface area contributed by atoms with Crippen LogP contribution < -0.4 is 5.73 Å². The Hall–Kier alpha value is -1.85. The van der Waals surface area contributed by atoms with Crippen molar-refractivity contribution in [3.8, 4) is 0 Å². The molecule has 0 spiro atoms. The summed E-state index contributed by atoms with van der Waals surface area (Å²) in [5, 5.41) is 0.654. The van der Waals surface area contributed by atoms with Gasteiger partial charge in [-0.2, -0.15) is 0 Å². The molecule has 20 heavy (non-hydrogen) atoms. The fourth-order valence-electron chi connectivity index (χ4n) is 1.89. The van der Waals surface area contributed by atoms with E-state index >= 15 is 0 Å². The van der Waals surface area contributed by atoms with Crippen molar-refractivity contribution in [3.63, 3.8) is 0 Å². The summed E-state index contributed by atoms with van der Waals surface area (Å²) in [4.78, 5) is 18.0. The highest BCUT2D eigenvalue weighted by Crippen LogP contribution is 2.17. The first-order chi connectivity index (χ1) is 9.61. The van der Waals surface area contributed by atoms with E-state index in [2.05, 4.69) is 4.98 Å². The molecular weight excluding hydrogens is 276 g/mol. The molecule has 1 heterocycles. The fourth-order valence-corrected chi connectivity index (χ4v) is 2.09. The van der Waals surface area contributed by atoms with E-state index in [-0.39, 0.29) is 5.91 Å². The summed E-state index contributed by atoms with van der Waals surface area (Å²) in [6.45, 7) is 1.61. The van der Waals surface area contributed by atoms with Gasteiger partial charge in [-0.1, -0.05) is 29.8 Å². The molecule has 1 aromatic heterocycles. The van der Waals surface area contributed by atoms with Crippen molar-refractivity contribution in [1.29, 1.82) is 0 Å². The Morgan fingerprint density at radius 3 is 2.90 bits per heavy atom. The van der Waals surface area contributed by atoms with E-state index in [0.29, 0.717) is 30.4 Å². The molecule has 1 amide bonds. The Labute approximate surface area is 123 Å². The standard InChI is InChI=1S/C14H17ClN4O/c1-18(8-11-4-2-3-5-12(11)15)14(20)13-9-19(7-6-16)10-17-13/h2-5,9-10H,6-8,16H2,1H3. The maximum atomic E-state index is 12.3. The summed E-state index contributed by atoms with van der Waals surface area (Å²) < 4.78 is 1.80. The number of amides is 1. The molecule has 5 nitrogen and oxygen atoms in total. The van der Waals surface area contributed by atoms with Crippen LogP contribution in [0.5, 0.6) is 0 Å². The third-order valence-corrected chi connectivity index (χ3v) is 3.32. The monoisotopic (exact) mass is 292 g/mol. The Kier molecular flexibility index (Phi) is 4.76. The molecule has 0 unspecified atom stereocenters. The predicted octanol–water partition coefficient (Wildman–Crippen LogP) is 1.77. The van der Waals surface area contributed by atoms with Gasteiger partial charge in [0.1, 0.15) is 5.69 Å². The molecule has 0 saturated carbocycles. The topological polar surface area (TPSA) is 64.2 Å². The lowest BCUT2D eigenvalue weighted by Crippen LogP contribution is -2.26. The highest BCUT2D eigenvalue weighted by atomic mass is 35.5. The molecule has 0 aliphatic heterocycles. The summed E-state index contributed by atoms with van der Waals surface area (Å²) >= 11 is 6.09. The summed E-state index contributed by atoms with van der Waals surface area (Å²) in [6, 6.07) is 7.47. The van der Waals surface area contributed by atoms with Crippen molar-refractivity contribution >= 4 is 17.5 Å². The van der Waals surface area contributed by atoms with Crippen LogP contribution in [0.3, 0.4) is 0 Å². The minimum Gasteiger partial charge on any atom is -0.336 e. The largest absolute Gasteiger partial charge is 0.336 e. The van der Waals surface area contributed by atoms with Gasteiger partial charge in [0, 0.05) is 37.9 Å². The van der Waals surface area contributed by atoms with Gasteiger partial charge in [0.25, 0.3) is 5.91 Å². The van der Waals surface area contributed by atoms with E-state index in [1.54, 1.807) is 29.0 Å². The van der Waals surface area contributed by atoms with E-state index in [1.165, 1.54) is 0 Å². The number of rotatable bonds is 5. The van der Waals surface area contributed by atoms with Crippen molar-refractivity contribution in [2.45, 2.75) is 13.1 Å². The molecule has 2 rings (SSSR count). The van der Waals surface area contributed by atoms with E-state index in [4.69, 9.17) is 17.3 Å². The second kappa shape index (κ2) is 6.54. The third-order valence-electron chi connectivity index (χ3n) is 2.95. The van der Waals surface area contributed by atoms with E-state index in [1.807, 2.05) is 24.3 Å². The summed E-state index contributed by atoms with van der Waals surface area (Å²) in [7, 11) is 1.73. The van der Waals surface area contributed by atoms with Crippen LogP contribution in [-0.2, 0) is 13.1 Å². The van der Waals surface area contributed by atoms with E-state index in [9.17, 15) is 4.79 Å². The maximum Gasteiger partial charge on any atom is 0.274 e. The Balaban J connectivity index is 2.06. The van der Waals surface area contributed by atoms with E-state index < -0.39 is 0 Å². The van der Waals surface area contributed by atoms with Crippen molar-refractivity contribution in [2.24, 2.45) is 5.73 Å². The van der Waals surface area contributed by atoms with Gasteiger partial charge in [0.2, 0.25) is 0 Å². The average Bonchev–Trinajstić information content (AvgIpc) is 2.89. The Bertz CT molecular complexity index is 596. The van der Waals surface area contributed by atoms with Gasteiger partial charge in [-0.3, -0.25) is 4.79 Å². The van der Waals surface area contributed by atoms with Gasteiger partial charge < -0.3 is 15.2 Å². The molecule has 2 aromatic rings. The van der Waals surface area contributed by atoms with Crippen LogP contribution in [0.1, 0.15) is 16.1 Å². The second-order valence-electron chi connectivity index (χ2n) is 4.54. The van der Waals surface area contributed by atoms with Gasteiger partial charge in [0.15, 0.2) is 0 Å². The van der Waals surface area contributed by atoms with Crippen molar-refractivity contribution in [1.82, 2.24) is 14.5 Å². The number of imidazole rings is 1. The zero-order chi connectivity index (χ0) is 14.5. The Morgan fingerprint density at radius 2 is 2.20 bits per heavy atom. The number of benzene rings is 1. The average molecular weight is 293 g/mol. The zero-order valence-electron chi connectivity index (χ0n) is 11.3. The number of halogens is 1. The minimum atomic E-state index is -0.138. The van der Waals surface area contributed by atoms with Crippen LogP contribution in [0.2, 0.25) is 5.02 Å². The molecule has 2 N–H and O–H groups in total. The number of hydrogen-bond donors (Lipinski definition) is 1. The molecule has 0 aliphatic rings. The number of nitrogens with two attached hydrogens (primary N) is 1. The summed E-state index contributed by atoms with van der Waals surface area (Å²) in [5.74, 6) is -0.138. The zero-order valence-corrected chi connectivity index (χ0v) is 12.0. The maximum absolute atomic E-state index is 12.3. The van der Waals surface area contributed by atoms with Crippen LogP contribution >= 0.6 is 11.6 Å². The quantitative estimate of drug-likeness (QED) is 0.913. The normalized spacial score (nSPS) is 10.6. The summed E-state index contributed by atoms with van der Waals surface area (Å²) in [5.41, 5.74) is 6.78. The lowest BCUT2D eigenvalue weighted by atomic mass is 10.2. The number of aromatic nitrogens is 2. The van der Waals surface area contributed by atoms with Crippen LogP contribution in [0.25, 0.3) is 0 Å². The molecule has 106 valence electrons. The van der Waals surface area contributed by atoms with Gasteiger partial charge >= 0.3 is 0 Å². The lowest BCUT2D eigenvalue weighted by Gasteiger charge is -2.16. The molecule has 0 aliphatic carbocycles. The van der Waals surface area contributed by atoms with Crippen LogP contribution in [0, 0.1) is 0 Å². The molecule has 1 aromatic carbocycles. The highest BCUT2D eigenvalue weighted by Gasteiger charge is 2.15. The number of nitrogens with zero attached hydrogens (tertiary/aromatic N) is 3. The smallest absolute Gasteiger partial charge is 0.274 e. The van der Waals surface area contributed by atoms with Crippen molar-refractivity contribution < 1.29 is 4.79 Å². The van der Waals surface area contributed by atoms with Gasteiger partial charge in [-0.25, -0.2) is 4.98 Å². The van der Waals surface area contributed by atoms with Crippen LogP contribution in [-0.4, -0.2) is 34.0 Å². The highest BCUT2D eigenvalue weighted by molar-refractivity contribution is 6.31. The van der Waals surface area contributed by atoms with Crippen LogP contribution in [0.15, 0.2) is 36.8 Å². The van der Waals surface area contributed by atoms with Crippen LogP contribution in [0.4, 0.5) is 0 Å². The molecule has 0 atom stereocenters. The Morgan fingerprint density at radius 1 is 1.45 bits per heavy atom. The van der Waals surface area contributed by atoms with Crippen molar-refractivity contribution in [2.75, 3.05) is 13.6 Å². The molecule has 0 fully saturated rings. The number of carbonyl (C=O) groups is 1. The molecular formula is C14H17ClN4O. The van der Waals surface area contributed by atoms with E-state index in [0.717, 1.165) is 5.56 Å². The summed E-state index contributed by atoms with van der Waals surface area (Å²) in [6.07, 6.45) is 3.32. The van der Waals surface area contributed by atoms with Gasteiger partial charge in [0.05, 0.1) is 6.33 Å². The number of carbonyl (C=O) groups excluding carboxylic acids is 1. The molecule has 0 saturated heterocycles. The van der Waals surface area contributed by atoms with Gasteiger partial charge in [-0.05, 0) is 11.6 Å². The first-order valence-corrected chi connectivity index (χ1v) is 6.70. The lowest BCUT2D eigenvalue weighted by molar-refractivity contribution is 0.0780. The van der Waals surface area contributed by atoms with Crippen molar-refractivity contribution in [3.05, 3.63) is 53.1 Å². The van der Waals surface area contributed by atoms with Gasteiger partial charge in [-0.15, -0.1) is 0 Å². The second-order valence-corrected chi connectivity index (χ2v) is 4.95. The molecule has 6 heteroatoms. The molecule has 0 radical (unpaired) electrons. The number of hydrogen-bond acceptors (Lipinski definition) is 3. The fraction of sp³-hybridized carbons (Fsp3) is 0.286. The first-order valence-electron chi connectivity index (χ1n) is 6.32. The molecule has 0 bridgehead atoms. The third kappa shape index (κ3) is 3.37. The predicted molar refractivity (Wildman–Crippen MR) is 78.5 cm³/mol. The minimum absolute atomic E-state index is 0.138. The first kappa shape index (κ1) is 14.6.